The van der Waals surface area contributed by atoms with Crippen LogP contribution in [0.2, 0.25) is 0 Å². The van der Waals surface area contributed by atoms with Gasteiger partial charge in [-0.15, -0.1) is 0 Å². The molecular weight excluding hydrogens is 275 g/mol. The fraction of sp³-hybridized carbons (Fsp3) is 0.300. The Labute approximate surface area is 92.4 Å². The second kappa shape index (κ2) is 4.60. The summed E-state index contributed by atoms with van der Waals surface area (Å²) in [5.41, 5.74) is 6.66. The lowest BCUT2D eigenvalue weighted by Crippen LogP contribution is -2.17. The van der Waals surface area contributed by atoms with Crippen LogP contribution in [-0.2, 0) is 0 Å². The van der Waals surface area contributed by atoms with Gasteiger partial charge < -0.3 is 5.73 Å². The second-order valence-corrected chi connectivity index (χ2v) is 4.41. The Bertz CT molecular complexity index is 301. The first-order chi connectivity index (χ1) is 6.09. The monoisotopic (exact) mass is 288 g/mol. The van der Waals surface area contributed by atoms with Crippen LogP contribution < -0.4 is 5.73 Å². The molecule has 2 N–H and O–H groups in total. The average molecular weight is 288 g/mol. The molecule has 0 amide bonds. The molecule has 0 aliphatic carbocycles. The maximum atomic E-state index is 5.73. The Balaban J connectivity index is 2.85. The van der Waals surface area contributed by atoms with Crippen molar-refractivity contribution in [1.82, 2.24) is 0 Å². The summed E-state index contributed by atoms with van der Waals surface area (Å²) in [6.07, 6.45) is 0. The van der Waals surface area contributed by atoms with Crippen LogP contribution in [0.3, 0.4) is 0 Å². The average Bonchev–Trinajstić information content (AvgIpc) is 2.08. The molecule has 0 aliphatic rings. The predicted octanol–water partition coefficient (Wildman–Crippen LogP) is 2.94. The van der Waals surface area contributed by atoms with Gasteiger partial charge in [0.1, 0.15) is 5.84 Å². The third-order valence-corrected chi connectivity index (χ3v) is 2.40. The molecule has 1 aromatic rings. The molecule has 0 fully saturated rings. The number of nitrogens with two attached hydrogens (primary N) is 1. The number of aliphatic imine (C=N–C) groups is 1. The summed E-state index contributed by atoms with van der Waals surface area (Å²) >= 11 is 2.26. The van der Waals surface area contributed by atoms with Crippen molar-refractivity contribution in [3.63, 3.8) is 0 Å². The Morgan fingerprint density at radius 2 is 1.85 bits per heavy atom. The number of hydrogen-bond donors (Lipinski definition) is 1. The van der Waals surface area contributed by atoms with Crippen molar-refractivity contribution in [3.05, 3.63) is 27.8 Å². The first-order valence-corrected chi connectivity index (χ1v) is 5.27. The first-order valence-electron chi connectivity index (χ1n) is 4.19. The Kier molecular flexibility index (Phi) is 3.71. The first kappa shape index (κ1) is 10.5. The molecule has 0 bridgehead atoms. The fourth-order valence-corrected chi connectivity index (χ4v) is 1.15. The van der Waals surface area contributed by atoms with Crippen LogP contribution in [0.1, 0.15) is 13.8 Å². The maximum absolute atomic E-state index is 5.73. The van der Waals surface area contributed by atoms with Crippen LogP contribution in [0.25, 0.3) is 0 Å². The van der Waals surface area contributed by atoms with Crippen molar-refractivity contribution in [2.45, 2.75) is 13.8 Å². The molecule has 0 saturated carbocycles. The van der Waals surface area contributed by atoms with E-state index in [0.717, 1.165) is 5.69 Å². The largest absolute Gasteiger partial charge is 0.387 e. The van der Waals surface area contributed by atoms with E-state index < -0.39 is 0 Å². The smallest absolute Gasteiger partial charge is 0.102 e. The third kappa shape index (κ3) is 3.34. The number of amidine groups is 1. The van der Waals surface area contributed by atoms with Gasteiger partial charge in [-0.05, 0) is 46.9 Å². The van der Waals surface area contributed by atoms with Crippen molar-refractivity contribution in [3.8, 4) is 0 Å². The van der Waals surface area contributed by atoms with E-state index in [1.807, 2.05) is 38.1 Å². The highest BCUT2D eigenvalue weighted by Crippen LogP contribution is 2.14. The zero-order valence-electron chi connectivity index (χ0n) is 7.79. The molecule has 0 radical (unpaired) electrons. The van der Waals surface area contributed by atoms with Crippen molar-refractivity contribution in [2.75, 3.05) is 0 Å². The normalized spacial score (nSPS) is 12.2. The number of halogens is 1. The molecular formula is C10H13IN2. The highest BCUT2D eigenvalue weighted by molar-refractivity contribution is 14.1. The lowest BCUT2D eigenvalue weighted by atomic mass is 10.2. The zero-order valence-corrected chi connectivity index (χ0v) is 9.95. The highest BCUT2D eigenvalue weighted by Gasteiger charge is 1.98. The van der Waals surface area contributed by atoms with Crippen LogP contribution >= 0.6 is 22.6 Å². The molecule has 0 heterocycles. The third-order valence-electron chi connectivity index (χ3n) is 1.68. The van der Waals surface area contributed by atoms with E-state index in [2.05, 4.69) is 27.6 Å². The Hall–Kier alpha value is -0.580. The summed E-state index contributed by atoms with van der Waals surface area (Å²) in [5, 5.41) is 0. The molecule has 0 saturated heterocycles. The summed E-state index contributed by atoms with van der Waals surface area (Å²) in [4.78, 5) is 4.29. The minimum Gasteiger partial charge on any atom is -0.387 e. The molecule has 0 atom stereocenters. The van der Waals surface area contributed by atoms with Gasteiger partial charge in [-0.2, -0.15) is 0 Å². The number of hydrogen-bond acceptors (Lipinski definition) is 1. The fourth-order valence-electron chi connectivity index (χ4n) is 0.794. The minimum atomic E-state index is 0.305. The lowest BCUT2D eigenvalue weighted by molar-refractivity contribution is 0.873. The van der Waals surface area contributed by atoms with Crippen molar-refractivity contribution >= 4 is 34.1 Å². The second-order valence-electron chi connectivity index (χ2n) is 3.17. The van der Waals surface area contributed by atoms with E-state index in [1.165, 1.54) is 3.57 Å². The molecule has 3 heteroatoms. The van der Waals surface area contributed by atoms with Gasteiger partial charge in [0.2, 0.25) is 0 Å². The van der Waals surface area contributed by atoms with Gasteiger partial charge in [0.25, 0.3) is 0 Å². The molecule has 1 aromatic carbocycles. The van der Waals surface area contributed by atoms with E-state index in [9.17, 15) is 0 Å². The lowest BCUT2D eigenvalue weighted by Gasteiger charge is -2.03. The quantitative estimate of drug-likeness (QED) is 0.507. The van der Waals surface area contributed by atoms with Gasteiger partial charge in [0.05, 0.1) is 5.69 Å². The Morgan fingerprint density at radius 1 is 1.31 bits per heavy atom. The van der Waals surface area contributed by atoms with E-state index in [1.54, 1.807) is 0 Å². The molecule has 70 valence electrons. The molecule has 0 aromatic heterocycles. The number of benzene rings is 1. The van der Waals surface area contributed by atoms with Gasteiger partial charge in [-0.25, -0.2) is 4.99 Å². The summed E-state index contributed by atoms with van der Waals surface area (Å²) in [7, 11) is 0. The summed E-state index contributed by atoms with van der Waals surface area (Å²) < 4.78 is 1.21. The van der Waals surface area contributed by atoms with Crippen LogP contribution in [0.15, 0.2) is 29.3 Å². The van der Waals surface area contributed by atoms with E-state index in [4.69, 9.17) is 5.73 Å². The molecule has 2 nitrogen and oxygen atoms in total. The van der Waals surface area contributed by atoms with Gasteiger partial charge in [0.15, 0.2) is 0 Å². The maximum Gasteiger partial charge on any atom is 0.102 e. The van der Waals surface area contributed by atoms with Gasteiger partial charge >= 0.3 is 0 Å². The predicted molar refractivity (Wildman–Crippen MR) is 65.3 cm³/mol. The topological polar surface area (TPSA) is 38.4 Å². The van der Waals surface area contributed by atoms with E-state index in [-0.39, 0.29) is 0 Å². The SMILES string of the molecule is CC(C)C(N)=Nc1ccc(I)cc1. The van der Waals surface area contributed by atoms with Crippen LogP contribution in [0.4, 0.5) is 5.69 Å². The zero-order chi connectivity index (χ0) is 9.84. The van der Waals surface area contributed by atoms with Gasteiger partial charge in [-0.1, -0.05) is 13.8 Å². The number of nitrogens with zero attached hydrogens (tertiary/aromatic N) is 1. The summed E-state index contributed by atoms with van der Waals surface area (Å²) in [6.45, 7) is 4.07. The van der Waals surface area contributed by atoms with Crippen molar-refractivity contribution in [2.24, 2.45) is 16.6 Å². The molecule has 1 rings (SSSR count). The van der Waals surface area contributed by atoms with Crippen molar-refractivity contribution < 1.29 is 0 Å². The summed E-state index contributed by atoms with van der Waals surface area (Å²) in [6, 6.07) is 7.98. The minimum absolute atomic E-state index is 0.305. The van der Waals surface area contributed by atoms with Gasteiger partial charge in [-0.3, -0.25) is 0 Å². The molecule has 0 aliphatic heterocycles. The van der Waals surface area contributed by atoms with Crippen LogP contribution in [0.5, 0.6) is 0 Å². The van der Waals surface area contributed by atoms with Crippen LogP contribution in [0, 0.1) is 9.49 Å². The molecule has 0 unspecified atom stereocenters. The van der Waals surface area contributed by atoms with Crippen molar-refractivity contribution in [1.29, 1.82) is 0 Å². The highest BCUT2D eigenvalue weighted by atomic mass is 127. The van der Waals surface area contributed by atoms with Gasteiger partial charge in [0, 0.05) is 9.49 Å². The summed E-state index contributed by atoms with van der Waals surface area (Å²) in [5.74, 6) is 0.987. The molecule has 13 heavy (non-hydrogen) atoms. The molecule has 0 spiro atoms. The van der Waals surface area contributed by atoms with Crippen LogP contribution in [-0.4, -0.2) is 5.84 Å². The standard InChI is InChI=1S/C10H13IN2/c1-7(2)10(12)13-9-5-3-8(11)4-6-9/h3-7H,1-2H3,(H2,12,13). The van der Waals surface area contributed by atoms with E-state index >= 15 is 0 Å². The Morgan fingerprint density at radius 3 is 2.31 bits per heavy atom. The van der Waals surface area contributed by atoms with E-state index in [0.29, 0.717) is 11.8 Å². The number of rotatable bonds is 2.